The van der Waals surface area contributed by atoms with Crippen molar-refractivity contribution >= 4 is 0 Å². The first-order valence-electron chi connectivity index (χ1n) is 7.81. The second kappa shape index (κ2) is 7.04. The quantitative estimate of drug-likeness (QED) is 0.804. The van der Waals surface area contributed by atoms with E-state index in [0.717, 1.165) is 44.6 Å². The van der Waals surface area contributed by atoms with E-state index >= 15 is 0 Å². The lowest BCUT2D eigenvalue weighted by atomic mass is 10.0. The molecular formula is C16H27N3O. The molecule has 1 N–H and O–H groups in total. The SMILES string of the molecule is CCCCNCc1cc2c(n(C)c1=O)CCN(CC)C2. The van der Waals surface area contributed by atoms with E-state index in [0.29, 0.717) is 6.54 Å². The number of unbranched alkanes of at least 4 members (excludes halogenated alkanes) is 1. The summed E-state index contributed by atoms with van der Waals surface area (Å²) in [6.07, 6.45) is 3.33. The minimum atomic E-state index is 0.165. The van der Waals surface area contributed by atoms with Crippen LogP contribution in [0.25, 0.3) is 0 Å². The average molecular weight is 277 g/mol. The van der Waals surface area contributed by atoms with Gasteiger partial charge in [0, 0.05) is 44.4 Å². The fourth-order valence-corrected chi connectivity index (χ4v) is 2.88. The Kier molecular flexibility index (Phi) is 5.38. The molecule has 1 aliphatic heterocycles. The zero-order valence-corrected chi connectivity index (χ0v) is 13.0. The molecule has 0 radical (unpaired) electrons. The van der Waals surface area contributed by atoms with Gasteiger partial charge in [0.05, 0.1) is 0 Å². The van der Waals surface area contributed by atoms with Gasteiger partial charge in [0.2, 0.25) is 0 Å². The smallest absolute Gasteiger partial charge is 0.255 e. The van der Waals surface area contributed by atoms with E-state index in [1.54, 1.807) is 0 Å². The molecule has 1 aliphatic rings. The summed E-state index contributed by atoms with van der Waals surface area (Å²) in [5.41, 5.74) is 3.61. The van der Waals surface area contributed by atoms with Crippen molar-refractivity contribution in [1.82, 2.24) is 14.8 Å². The highest BCUT2D eigenvalue weighted by atomic mass is 16.1. The van der Waals surface area contributed by atoms with Crippen LogP contribution in [0.1, 0.15) is 43.5 Å². The van der Waals surface area contributed by atoms with Crippen molar-refractivity contribution in [1.29, 1.82) is 0 Å². The van der Waals surface area contributed by atoms with E-state index < -0.39 is 0 Å². The molecule has 0 unspecified atom stereocenters. The molecule has 0 atom stereocenters. The molecule has 0 aliphatic carbocycles. The van der Waals surface area contributed by atoms with Crippen LogP contribution in [-0.4, -0.2) is 29.1 Å². The molecule has 112 valence electrons. The third-order valence-electron chi connectivity index (χ3n) is 4.23. The standard InChI is InChI=1S/C16H27N3O/c1-4-6-8-17-11-13-10-14-12-19(5-2)9-7-15(14)18(3)16(13)20/h10,17H,4-9,11-12H2,1-3H3. The van der Waals surface area contributed by atoms with Gasteiger partial charge < -0.3 is 9.88 Å². The Morgan fingerprint density at radius 2 is 2.15 bits per heavy atom. The van der Waals surface area contributed by atoms with Crippen LogP contribution >= 0.6 is 0 Å². The van der Waals surface area contributed by atoms with E-state index in [-0.39, 0.29) is 5.56 Å². The Hall–Kier alpha value is -1.13. The zero-order valence-electron chi connectivity index (χ0n) is 13.0. The monoisotopic (exact) mass is 277 g/mol. The van der Waals surface area contributed by atoms with E-state index in [4.69, 9.17) is 0 Å². The maximum absolute atomic E-state index is 12.4. The predicted octanol–water partition coefficient (Wildman–Crippen LogP) is 1.65. The Bertz CT molecular complexity index is 507. The molecule has 0 bridgehead atoms. The molecule has 0 spiro atoms. The highest BCUT2D eigenvalue weighted by Gasteiger charge is 2.19. The minimum absolute atomic E-state index is 0.165. The van der Waals surface area contributed by atoms with Crippen molar-refractivity contribution in [2.75, 3.05) is 19.6 Å². The molecule has 0 amide bonds. The second-order valence-corrected chi connectivity index (χ2v) is 5.65. The highest BCUT2D eigenvalue weighted by Crippen LogP contribution is 2.17. The maximum atomic E-state index is 12.4. The first-order chi connectivity index (χ1) is 9.67. The number of pyridine rings is 1. The second-order valence-electron chi connectivity index (χ2n) is 5.65. The van der Waals surface area contributed by atoms with E-state index in [2.05, 4.69) is 30.1 Å². The summed E-state index contributed by atoms with van der Waals surface area (Å²) in [6, 6.07) is 2.12. The molecule has 4 nitrogen and oxygen atoms in total. The van der Waals surface area contributed by atoms with Gasteiger partial charge in [0.25, 0.3) is 5.56 Å². The topological polar surface area (TPSA) is 37.3 Å². The molecule has 1 aromatic heterocycles. The average Bonchev–Trinajstić information content (AvgIpc) is 2.47. The molecule has 2 rings (SSSR count). The number of rotatable bonds is 6. The summed E-state index contributed by atoms with van der Waals surface area (Å²) in [5, 5.41) is 3.38. The summed E-state index contributed by atoms with van der Waals surface area (Å²) >= 11 is 0. The van der Waals surface area contributed by atoms with Gasteiger partial charge >= 0.3 is 0 Å². The number of likely N-dealkylation sites (N-methyl/N-ethyl adjacent to an activating group) is 1. The lowest BCUT2D eigenvalue weighted by molar-refractivity contribution is 0.262. The number of nitrogens with zero attached hydrogens (tertiary/aromatic N) is 2. The Morgan fingerprint density at radius 1 is 1.35 bits per heavy atom. The molecule has 20 heavy (non-hydrogen) atoms. The Morgan fingerprint density at radius 3 is 2.85 bits per heavy atom. The van der Waals surface area contributed by atoms with Crippen LogP contribution in [-0.2, 0) is 26.6 Å². The first-order valence-corrected chi connectivity index (χ1v) is 7.81. The van der Waals surface area contributed by atoms with Crippen LogP contribution in [0.2, 0.25) is 0 Å². The minimum Gasteiger partial charge on any atom is -0.315 e. The van der Waals surface area contributed by atoms with Gasteiger partial charge in [-0.05, 0) is 31.1 Å². The van der Waals surface area contributed by atoms with Crippen LogP contribution in [0.15, 0.2) is 10.9 Å². The fraction of sp³-hybridized carbons (Fsp3) is 0.688. The van der Waals surface area contributed by atoms with E-state index in [1.165, 1.54) is 17.7 Å². The lowest BCUT2D eigenvalue weighted by Crippen LogP contribution is -2.36. The number of fused-ring (bicyclic) bond motifs is 1. The Balaban J connectivity index is 2.17. The van der Waals surface area contributed by atoms with Crippen molar-refractivity contribution in [2.24, 2.45) is 7.05 Å². The van der Waals surface area contributed by atoms with Gasteiger partial charge in [-0.25, -0.2) is 0 Å². The third-order valence-corrected chi connectivity index (χ3v) is 4.23. The molecule has 0 fully saturated rings. The molecular weight excluding hydrogens is 250 g/mol. The predicted molar refractivity (Wildman–Crippen MR) is 83.0 cm³/mol. The maximum Gasteiger partial charge on any atom is 0.255 e. The van der Waals surface area contributed by atoms with Crippen LogP contribution in [0.5, 0.6) is 0 Å². The van der Waals surface area contributed by atoms with Gasteiger partial charge in [-0.1, -0.05) is 20.3 Å². The van der Waals surface area contributed by atoms with Crippen LogP contribution in [0.4, 0.5) is 0 Å². The van der Waals surface area contributed by atoms with Gasteiger partial charge in [-0.3, -0.25) is 9.69 Å². The van der Waals surface area contributed by atoms with Crippen LogP contribution < -0.4 is 10.9 Å². The van der Waals surface area contributed by atoms with Crippen molar-refractivity contribution in [3.63, 3.8) is 0 Å². The van der Waals surface area contributed by atoms with E-state index in [1.807, 2.05) is 11.6 Å². The molecule has 1 aromatic rings. The highest BCUT2D eigenvalue weighted by molar-refractivity contribution is 5.28. The van der Waals surface area contributed by atoms with Crippen LogP contribution in [0.3, 0.4) is 0 Å². The van der Waals surface area contributed by atoms with Gasteiger partial charge in [0.1, 0.15) is 0 Å². The molecule has 0 saturated heterocycles. The van der Waals surface area contributed by atoms with Crippen molar-refractivity contribution in [3.8, 4) is 0 Å². The Labute approximate surface area is 121 Å². The molecule has 2 heterocycles. The summed E-state index contributed by atoms with van der Waals surface area (Å²) in [4.78, 5) is 14.8. The van der Waals surface area contributed by atoms with Crippen molar-refractivity contribution in [2.45, 2.75) is 46.2 Å². The van der Waals surface area contributed by atoms with Gasteiger partial charge in [0.15, 0.2) is 0 Å². The van der Waals surface area contributed by atoms with E-state index in [9.17, 15) is 4.79 Å². The largest absolute Gasteiger partial charge is 0.315 e. The number of aromatic nitrogens is 1. The molecule has 0 aromatic carbocycles. The van der Waals surface area contributed by atoms with Gasteiger partial charge in [-0.15, -0.1) is 0 Å². The molecule has 4 heteroatoms. The van der Waals surface area contributed by atoms with Gasteiger partial charge in [-0.2, -0.15) is 0 Å². The number of nitrogens with one attached hydrogen (secondary N) is 1. The third kappa shape index (κ3) is 3.30. The summed E-state index contributed by atoms with van der Waals surface area (Å²) in [7, 11) is 1.91. The summed E-state index contributed by atoms with van der Waals surface area (Å²) in [6.45, 7) is 9.15. The fourth-order valence-electron chi connectivity index (χ4n) is 2.88. The molecule has 0 saturated carbocycles. The number of hydrogen-bond acceptors (Lipinski definition) is 3. The van der Waals surface area contributed by atoms with Crippen molar-refractivity contribution in [3.05, 3.63) is 33.2 Å². The lowest BCUT2D eigenvalue weighted by Gasteiger charge is -2.29. The van der Waals surface area contributed by atoms with Crippen LogP contribution in [0, 0.1) is 0 Å². The summed E-state index contributed by atoms with van der Waals surface area (Å²) < 4.78 is 1.86. The normalized spacial score (nSPS) is 15.3. The zero-order chi connectivity index (χ0) is 14.5. The van der Waals surface area contributed by atoms with Crippen molar-refractivity contribution < 1.29 is 0 Å². The summed E-state index contributed by atoms with van der Waals surface area (Å²) in [5.74, 6) is 0. The first kappa shape index (κ1) is 15.3. The number of hydrogen-bond donors (Lipinski definition) is 1.